The number of aromatic nitrogens is 1. The first-order chi connectivity index (χ1) is 12.1. The SMILES string of the molecule is COc1ccc(-c2ccc3c(=O)c4ccccc4n(C)c3c2)cc1F. The van der Waals surface area contributed by atoms with Crippen LogP contribution in [0.1, 0.15) is 0 Å². The van der Waals surface area contributed by atoms with E-state index in [-0.39, 0.29) is 11.2 Å². The molecule has 0 saturated heterocycles. The summed E-state index contributed by atoms with van der Waals surface area (Å²) in [6.07, 6.45) is 0. The molecular weight excluding hydrogens is 317 g/mol. The summed E-state index contributed by atoms with van der Waals surface area (Å²) in [6.45, 7) is 0. The van der Waals surface area contributed by atoms with E-state index in [1.54, 1.807) is 6.07 Å². The van der Waals surface area contributed by atoms with Gasteiger partial charge in [0.1, 0.15) is 0 Å². The Morgan fingerprint density at radius 1 is 0.880 bits per heavy atom. The molecule has 1 aromatic heterocycles. The molecule has 4 aromatic rings. The molecule has 3 aromatic carbocycles. The van der Waals surface area contributed by atoms with Gasteiger partial charge in [0.15, 0.2) is 17.0 Å². The summed E-state index contributed by atoms with van der Waals surface area (Å²) in [7, 11) is 3.37. The molecule has 0 unspecified atom stereocenters. The molecular formula is C21H16FNO2. The van der Waals surface area contributed by atoms with Crippen LogP contribution in [0, 0.1) is 5.82 Å². The molecule has 0 aliphatic carbocycles. The lowest BCUT2D eigenvalue weighted by atomic mass is 10.0. The molecule has 0 atom stereocenters. The van der Waals surface area contributed by atoms with Crippen LogP contribution in [0.5, 0.6) is 5.75 Å². The zero-order valence-corrected chi connectivity index (χ0v) is 13.9. The molecule has 0 aliphatic rings. The van der Waals surface area contributed by atoms with Gasteiger partial charge in [0.05, 0.1) is 18.1 Å². The van der Waals surface area contributed by atoms with Crippen molar-refractivity contribution in [2.75, 3.05) is 7.11 Å². The number of rotatable bonds is 2. The molecule has 25 heavy (non-hydrogen) atoms. The molecule has 0 N–H and O–H groups in total. The number of para-hydroxylation sites is 1. The topological polar surface area (TPSA) is 31.2 Å². The molecule has 0 fully saturated rings. The van der Waals surface area contributed by atoms with Crippen LogP contribution in [-0.4, -0.2) is 11.7 Å². The van der Waals surface area contributed by atoms with Gasteiger partial charge in [-0.05, 0) is 47.5 Å². The van der Waals surface area contributed by atoms with Crippen LogP contribution < -0.4 is 10.2 Å². The highest BCUT2D eigenvalue weighted by atomic mass is 19.1. The third-order valence-electron chi connectivity index (χ3n) is 4.60. The van der Waals surface area contributed by atoms with E-state index in [0.717, 1.165) is 22.2 Å². The minimum absolute atomic E-state index is 0.0103. The molecule has 4 rings (SSSR count). The van der Waals surface area contributed by atoms with Gasteiger partial charge < -0.3 is 9.30 Å². The Balaban J connectivity index is 1.99. The van der Waals surface area contributed by atoms with Crippen molar-refractivity contribution in [1.82, 2.24) is 4.57 Å². The zero-order valence-electron chi connectivity index (χ0n) is 13.9. The Morgan fingerprint density at radius 3 is 2.32 bits per heavy atom. The van der Waals surface area contributed by atoms with Gasteiger partial charge in [-0.15, -0.1) is 0 Å². The van der Waals surface area contributed by atoms with E-state index in [4.69, 9.17) is 4.74 Å². The average Bonchev–Trinajstić information content (AvgIpc) is 2.65. The Morgan fingerprint density at radius 2 is 1.56 bits per heavy atom. The fourth-order valence-corrected chi connectivity index (χ4v) is 3.26. The third-order valence-corrected chi connectivity index (χ3v) is 4.60. The van der Waals surface area contributed by atoms with E-state index >= 15 is 0 Å². The number of pyridine rings is 1. The van der Waals surface area contributed by atoms with E-state index in [0.29, 0.717) is 10.8 Å². The van der Waals surface area contributed by atoms with E-state index in [1.165, 1.54) is 13.2 Å². The van der Waals surface area contributed by atoms with Crippen LogP contribution >= 0.6 is 0 Å². The number of fused-ring (bicyclic) bond motifs is 2. The van der Waals surface area contributed by atoms with Gasteiger partial charge in [0.25, 0.3) is 0 Å². The summed E-state index contributed by atoms with van der Waals surface area (Å²) in [5, 5.41) is 1.35. The van der Waals surface area contributed by atoms with E-state index < -0.39 is 5.82 Å². The lowest BCUT2D eigenvalue weighted by Crippen LogP contribution is -2.08. The van der Waals surface area contributed by atoms with Crippen LogP contribution in [0.4, 0.5) is 4.39 Å². The molecule has 3 nitrogen and oxygen atoms in total. The predicted molar refractivity (Wildman–Crippen MR) is 98.6 cm³/mol. The van der Waals surface area contributed by atoms with E-state index in [1.807, 2.05) is 60.1 Å². The minimum atomic E-state index is -0.410. The van der Waals surface area contributed by atoms with Crippen molar-refractivity contribution >= 4 is 21.8 Å². The van der Waals surface area contributed by atoms with Gasteiger partial charge in [-0.3, -0.25) is 4.79 Å². The normalized spacial score (nSPS) is 11.2. The number of nitrogens with zero attached hydrogens (tertiary/aromatic N) is 1. The Labute approximate surface area is 143 Å². The second-order valence-electron chi connectivity index (χ2n) is 5.99. The standard InChI is InChI=1S/C21H16FNO2/c1-23-18-6-4-3-5-15(18)21(24)16-9-7-14(12-19(16)23)13-8-10-20(25-2)17(22)11-13/h3-12H,1-2H3. The molecule has 0 amide bonds. The first-order valence-corrected chi connectivity index (χ1v) is 7.95. The molecule has 124 valence electrons. The van der Waals surface area contributed by atoms with Gasteiger partial charge in [-0.25, -0.2) is 4.39 Å². The lowest BCUT2D eigenvalue weighted by molar-refractivity contribution is 0.386. The average molecular weight is 333 g/mol. The Kier molecular flexibility index (Phi) is 3.53. The highest BCUT2D eigenvalue weighted by molar-refractivity contribution is 5.95. The summed E-state index contributed by atoms with van der Waals surface area (Å²) in [6, 6.07) is 18.0. The summed E-state index contributed by atoms with van der Waals surface area (Å²) in [4.78, 5) is 12.7. The number of methoxy groups -OCH3 is 1. The van der Waals surface area contributed by atoms with Crippen molar-refractivity contribution in [3.63, 3.8) is 0 Å². The first kappa shape index (κ1) is 15.4. The van der Waals surface area contributed by atoms with Gasteiger partial charge in [0, 0.05) is 17.8 Å². The molecule has 0 saturated carbocycles. The quantitative estimate of drug-likeness (QED) is 0.506. The largest absolute Gasteiger partial charge is 0.494 e. The highest BCUT2D eigenvalue weighted by Gasteiger charge is 2.11. The zero-order chi connectivity index (χ0) is 17.6. The highest BCUT2D eigenvalue weighted by Crippen LogP contribution is 2.28. The monoisotopic (exact) mass is 333 g/mol. The summed E-state index contributed by atoms with van der Waals surface area (Å²) < 4.78 is 21.0. The number of hydrogen-bond acceptors (Lipinski definition) is 2. The summed E-state index contributed by atoms with van der Waals surface area (Å²) >= 11 is 0. The van der Waals surface area contributed by atoms with Gasteiger partial charge in [-0.1, -0.05) is 24.3 Å². The molecule has 0 radical (unpaired) electrons. The summed E-state index contributed by atoms with van der Waals surface area (Å²) in [5.74, 6) is -0.199. The molecule has 1 heterocycles. The van der Waals surface area contributed by atoms with Crippen LogP contribution in [-0.2, 0) is 7.05 Å². The van der Waals surface area contributed by atoms with E-state index in [2.05, 4.69) is 0 Å². The van der Waals surface area contributed by atoms with Crippen molar-refractivity contribution in [3.8, 4) is 16.9 Å². The van der Waals surface area contributed by atoms with Crippen molar-refractivity contribution < 1.29 is 9.13 Å². The van der Waals surface area contributed by atoms with Crippen molar-refractivity contribution in [2.24, 2.45) is 7.05 Å². The van der Waals surface area contributed by atoms with Crippen LogP contribution in [0.3, 0.4) is 0 Å². The van der Waals surface area contributed by atoms with Crippen molar-refractivity contribution in [3.05, 3.63) is 76.7 Å². The maximum Gasteiger partial charge on any atom is 0.197 e. The first-order valence-electron chi connectivity index (χ1n) is 7.95. The second kappa shape index (κ2) is 5.74. The lowest BCUT2D eigenvalue weighted by Gasteiger charge is -2.12. The number of ether oxygens (including phenoxy) is 1. The number of benzene rings is 3. The predicted octanol–water partition coefficient (Wildman–Crippen LogP) is 4.51. The van der Waals surface area contributed by atoms with Gasteiger partial charge in [0.2, 0.25) is 0 Å². The van der Waals surface area contributed by atoms with Crippen LogP contribution in [0.25, 0.3) is 32.9 Å². The van der Waals surface area contributed by atoms with Crippen molar-refractivity contribution in [2.45, 2.75) is 0 Å². The minimum Gasteiger partial charge on any atom is -0.494 e. The fraction of sp³-hybridized carbons (Fsp3) is 0.0952. The third kappa shape index (κ3) is 2.38. The van der Waals surface area contributed by atoms with Gasteiger partial charge in [-0.2, -0.15) is 0 Å². The van der Waals surface area contributed by atoms with Crippen molar-refractivity contribution in [1.29, 1.82) is 0 Å². The molecule has 0 spiro atoms. The second-order valence-corrected chi connectivity index (χ2v) is 5.99. The maximum atomic E-state index is 14.0. The van der Waals surface area contributed by atoms with Crippen LogP contribution in [0.2, 0.25) is 0 Å². The Hall–Kier alpha value is -3.14. The molecule has 0 aliphatic heterocycles. The molecule has 4 heteroatoms. The Bertz CT molecular complexity index is 1180. The molecule has 0 bridgehead atoms. The van der Waals surface area contributed by atoms with Gasteiger partial charge >= 0.3 is 0 Å². The summed E-state index contributed by atoms with van der Waals surface area (Å²) in [5.41, 5.74) is 3.28. The fourth-order valence-electron chi connectivity index (χ4n) is 3.26. The number of halogens is 1. The number of hydrogen-bond donors (Lipinski definition) is 0. The number of aryl methyl sites for hydroxylation is 1. The van der Waals surface area contributed by atoms with E-state index in [9.17, 15) is 9.18 Å². The van der Waals surface area contributed by atoms with Crippen LogP contribution in [0.15, 0.2) is 65.5 Å². The maximum absolute atomic E-state index is 14.0. The smallest absolute Gasteiger partial charge is 0.197 e.